The molecule has 1 rings (SSSR count). The largest absolute Gasteiger partial charge is 0.496 e. The SMILES string of the molecule is CCC(C)N(C(=O)c1cc(F)ccc1OC)C(C)C. The lowest BCUT2D eigenvalue weighted by Crippen LogP contribution is -2.43. The number of ether oxygens (including phenoxy) is 1. The van der Waals surface area contributed by atoms with Gasteiger partial charge in [-0.2, -0.15) is 0 Å². The van der Waals surface area contributed by atoms with Gasteiger partial charge in [-0.05, 0) is 45.4 Å². The molecule has 19 heavy (non-hydrogen) atoms. The van der Waals surface area contributed by atoms with Gasteiger partial charge in [0.1, 0.15) is 11.6 Å². The number of carbonyl (C=O) groups is 1. The first-order valence-electron chi connectivity index (χ1n) is 6.58. The Bertz CT molecular complexity index is 446. The molecule has 1 atom stereocenters. The summed E-state index contributed by atoms with van der Waals surface area (Å²) in [7, 11) is 1.48. The van der Waals surface area contributed by atoms with Crippen LogP contribution in [-0.4, -0.2) is 30.0 Å². The van der Waals surface area contributed by atoms with Crippen molar-refractivity contribution in [3.8, 4) is 5.75 Å². The van der Waals surface area contributed by atoms with Crippen LogP contribution >= 0.6 is 0 Å². The van der Waals surface area contributed by atoms with Gasteiger partial charge in [-0.15, -0.1) is 0 Å². The molecule has 1 aromatic rings. The van der Waals surface area contributed by atoms with Crippen LogP contribution in [-0.2, 0) is 0 Å². The highest BCUT2D eigenvalue weighted by atomic mass is 19.1. The van der Waals surface area contributed by atoms with Crippen LogP contribution in [0.3, 0.4) is 0 Å². The summed E-state index contributed by atoms with van der Waals surface area (Å²) in [6, 6.07) is 4.16. The quantitative estimate of drug-likeness (QED) is 0.817. The number of hydrogen-bond acceptors (Lipinski definition) is 2. The molecule has 1 aromatic carbocycles. The highest BCUT2D eigenvalue weighted by Gasteiger charge is 2.25. The van der Waals surface area contributed by atoms with Crippen molar-refractivity contribution in [2.45, 2.75) is 46.2 Å². The summed E-state index contributed by atoms with van der Waals surface area (Å²) in [4.78, 5) is 14.4. The fourth-order valence-corrected chi connectivity index (χ4v) is 2.13. The van der Waals surface area contributed by atoms with E-state index < -0.39 is 5.82 Å². The molecule has 0 aromatic heterocycles. The minimum Gasteiger partial charge on any atom is -0.496 e. The van der Waals surface area contributed by atoms with Gasteiger partial charge in [-0.1, -0.05) is 6.92 Å². The molecule has 0 radical (unpaired) electrons. The zero-order valence-corrected chi connectivity index (χ0v) is 12.2. The summed E-state index contributed by atoms with van der Waals surface area (Å²) < 4.78 is 18.5. The van der Waals surface area contributed by atoms with Gasteiger partial charge in [-0.3, -0.25) is 4.79 Å². The van der Waals surface area contributed by atoms with Crippen LogP contribution in [0.2, 0.25) is 0 Å². The molecule has 0 saturated heterocycles. The van der Waals surface area contributed by atoms with Crippen molar-refractivity contribution in [2.24, 2.45) is 0 Å². The topological polar surface area (TPSA) is 29.5 Å². The number of rotatable bonds is 5. The van der Waals surface area contributed by atoms with Crippen molar-refractivity contribution >= 4 is 5.91 Å². The lowest BCUT2D eigenvalue weighted by atomic mass is 10.1. The van der Waals surface area contributed by atoms with E-state index in [0.29, 0.717) is 5.75 Å². The molecule has 0 N–H and O–H groups in total. The molecule has 1 unspecified atom stereocenters. The fraction of sp³-hybridized carbons (Fsp3) is 0.533. The number of nitrogens with zero attached hydrogens (tertiary/aromatic N) is 1. The Balaban J connectivity index is 3.19. The van der Waals surface area contributed by atoms with Gasteiger partial charge in [0, 0.05) is 12.1 Å². The first kappa shape index (κ1) is 15.5. The predicted octanol–water partition coefficient (Wildman–Crippen LogP) is 3.48. The minimum absolute atomic E-state index is 0.0513. The van der Waals surface area contributed by atoms with Crippen molar-refractivity contribution < 1.29 is 13.9 Å². The summed E-state index contributed by atoms with van der Waals surface area (Å²) in [5.74, 6) is -0.224. The highest BCUT2D eigenvalue weighted by Crippen LogP contribution is 2.23. The van der Waals surface area contributed by atoms with Crippen LogP contribution in [0.15, 0.2) is 18.2 Å². The number of carbonyl (C=O) groups excluding carboxylic acids is 1. The van der Waals surface area contributed by atoms with Crippen molar-refractivity contribution in [1.82, 2.24) is 4.90 Å². The predicted molar refractivity (Wildman–Crippen MR) is 74.0 cm³/mol. The summed E-state index contributed by atoms with van der Waals surface area (Å²) in [5, 5.41) is 0. The third-order valence-corrected chi connectivity index (χ3v) is 3.25. The Hall–Kier alpha value is -1.58. The van der Waals surface area contributed by atoms with Crippen LogP contribution < -0.4 is 4.74 Å². The van der Waals surface area contributed by atoms with E-state index in [0.717, 1.165) is 6.42 Å². The first-order chi connectivity index (χ1) is 8.92. The van der Waals surface area contributed by atoms with E-state index in [-0.39, 0.29) is 23.6 Å². The van der Waals surface area contributed by atoms with E-state index in [1.165, 1.54) is 25.3 Å². The number of amides is 1. The molecule has 0 aliphatic rings. The second kappa shape index (κ2) is 6.55. The van der Waals surface area contributed by atoms with Gasteiger partial charge in [0.2, 0.25) is 0 Å². The summed E-state index contributed by atoms with van der Waals surface area (Å²) >= 11 is 0. The van der Waals surface area contributed by atoms with Crippen molar-refractivity contribution in [1.29, 1.82) is 0 Å². The number of hydrogen-bond donors (Lipinski definition) is 0. The molecule has 0 aliphatic heterocycles. The van der Waals surface area contributed by atoms with Gasteiger partial charge in [0.15, 0.2) is 0 Å². The Morgan fingerprint density at radius 2 is 2.00 bits per heavy atom. The average Bonchev–Trinajstić information content (AvgIpc) is 2.38. The molecular weight excluding hydrogens is 245 g/mol. The Morgan fingerprint density at radius 1 is 1.37 bits per heavy atom. The molecular formula is C15H22FNO2. The summed E-state index contributed by atoms with van der Waals surface area (Å²) in [5.41, 5.74) is 0.275. The van der Waals surface area contributed by atoms with E-state index in [1.54, 1.807) is 4.90 Å². The summed E-state index contributed by atoms with van der Waals surface area (Å²) in [6.45, 7) is 7.92. The van der Waals surface area contributed by atoms with Gasteiger partial charge in [0.05, 0.1) is 12.7 Å². The smallest absolute Gasteiger partial charge is 0.258 e. The Kier molecular flexibility index (Phi) is 5.33. The van der Waals surface area contributed by atoms with Gasteiger partial charge in [-0.25, -0.2) is 4.39 Å². The van der Waals surface area contributed by atoms with Gasteiger partial charge >= 0.3 is 0 Å². The van der Waals surface area contributed by atoms with Gasteiger partial charge < -0.3 is 9.64 Å². The van der Waals surface area contributed by atoms with E-state index in [2.05, 4.69) is 0 Å². The maximum atomic E-state index is 13.4. The Morgan fingerprint density at radius 3 is 2.47 bits per heavy atom. The van der Waals surface area contributed by atoms with Crippen molar-refractivity contribution in [3.63, 3.8) is 0 Å². The molecule has 4 heteroatoms. The van der Waals surface area contributed by atoms with E-state index in [9.17, 15) is 9.18 Å². The third-order valence-electron chi connectivity index (χ3n) is 3.25. The van der Waals surface area contributed by atoms with Gasteiger partial charge in [0.25, 0.3) is 5.91 Å². The van der Waals surface area contributed by atoms with E-state index in [1.807, 2.05) is 27.7 Å². The van der Waals surface area contributed by atoms with Crippen LogP contribution in [0, 0.1) is 5.82 Å². The molecule has 0 saturated carbocycles. The highest BCUT2D eigenvalue weighted by molar-refractivity contribution is 5.97. The number of halogens is 1. The van der Waals surface area contributed by atoms with Crippen LogP contribution in [0.1, 0.15) is 44.5 Å². The number of methoxy groups -OCH3 is 1. The monoisotopic (exact) mass is 267 g/mol. The second-order valence-electron chi connectivity index (χ2n) is 4.91. The zero-order valence-electron chi connectivity index (χ0n) is 12.2. The van der Waals surface area contributed by atoms with Crippen LogP contribution in [0.5, 0.6) is 5.75 Å². The number of benzene rings is 1. The van der Waals surface area contributed by atoms with Crippen molar-refractivity contribution in [2.75, 3.05) is 7.11 Å². The lowest BCUT2D eigenvalue weighted by molar-refractivity contribution is 0.0618. The average molecular weight is 267 g/mol. The Labute approximate surface area is 114 Å². The summed E-state index contributed by atoms with van der Waals surface area (Å²) in [6.07, 6.45) is 0.849. The molecule has 0 fully saturated rings. The molecule has 0 heterocycles. The fourth-order valence-electron chi connectivity index (χ4n) is 2.13. The minimum atomic E-state index is -0.433. The van der Waals surface area contributed by atoms with Crippen molar-refractivity contribution in [3.05, 3.63) is 29.6 Å². The first-order valence-corrected chi connectivity index (χ1v) is 6.58. The van der Waals surface area contributed by atoms with E-state index >= 15 is 0 Å². The lowest BCUT2D eigenvalue weighted by Gasteiger charge is -2.32. The maximum absolute atomic E-state index is 13.4. The van der Waals surface area contributed by atoms with E-state index in [4.69, 9.17) is 4.74 Å². The second-order valence-corrected chi connectivity index (χ2v) is 4.91. The standard InChI is InChI=1S/C15H22FNO2/c1-6-11(4)17(10(2)3)15(18)13-9-12(16)7-8-14(13)19-5/h7-11H,6H2,1-5H3. The molecule has 3 nitrogen and oxygen atoms in total. The third kappa shape index (κ3) is 3.46. The molecule has 0 spiro atoms. The molecule has 106 valence electrons. The van der Waals surface area contributed by atoms with Crippen LogP contribution in [0.25, 0.3) is 0 Å². The maximum Gasteiger partial charge on any atom is 0.258 e. The molecule has 0 bridgehead atoms. The normalized spacial score (nSPS) is 12.4. The molecule has 1 amide bonds. The zero-order chi connectivity index (χ0) is 14.6. The van der Waals surface area contributed by atoms with Crippen LogP contribution in [0.4, 0.5) is 4.39 Å². The molecule has 0 aliphatic carbocycles.